The Morgan fingerprint density at radius 3 is 2.94 bits per heavy atom. The molecule has 1 unspecified atom stereocenters. The summed E-state index contributed by atoms with van der Waals surface area (Å²) >= 11 is 3.32. The van der Waals surface area contributed by atoms with Crippen LogP contribution in [0.25, 0.3) is 0 Å². The van der Waals surface area contributed by atoms with Crippen LogP contribution in [-0.2, 0) is 6.54 Å². The standard InChI is InChI=1S/C12H13BrFN3/c1-8(15)10-5-16-17(7-10)6-9-4-11(13)2-3-12(9)14/h2-5,7-8H,6,15H2,1H3. The number of nitrogens with two attached hydrogens (primary N) is 1. The number of benzene rings is 1. The highest BCUT2D eigenvalue weighted by atomic mass is 79.9. The zero-order chi connectivity index (χ0) is 12.4. The van der Waals surface area contributed by atoms with Gasteiger partial charge >= 0.3 is 0 Å². The highest BCUT2D eigenvalue weighted by Crippen LogP contribution is 2.17. The molecular formula is C12H13BrFN3. The van der Waals surface area contributed by atoms with Gasteiger partial charge in [0.2, 0.25) is 0 Å². The lowest BCUT2D eigenvalue weighted by molar-refractivity contribution is 0.584. The SMILES string of the molecule is CC(N)c1cnn(Cc2cc(Br)ccc2F)c1. The molecule has 0 aliphatic rings. The average Bonchev–Trinajstić information content (AvgIpc) is 2.72. The summed E-state index contributed by atoms with van der Waals surface area (Å²) in [5.41, 5.74) is 7.28. The topological polar surface area (TPSA) is 43.8 Å². The molecule has 90 valence electrons. The van der Waals surface area contributed by atoms with Crippen LogP contribution < -0.4 is 5.73 Å². The molecule has 1 atom stereocenters. The van der Waals surface area contributed by atoms with Crippen molar-refractivity contribution in [1.29, 1.82) is 0 Å². The third-order valence-corrected chi connectivity index (χ3v) is 3.01. The Balaban J connectivity index is 2.22. The molecular weight excluding hydrogens is 285 g/mol. The first kappa shape index (κ1) is 12.3. The molecule has 2 aromatic rings. The second kappa shape index (κ2) is 4.98. The lowest BCUT2D eigenvalue weighted by atomic mass is 10.2. The monoisotopic (exact) mass is 297 g/mol. The predicted octanol–water partition coefficient (Wildman–Crippen LogP) is 2.85. The molecule has 2 rings (SSSR count). The zero-order valence-electron chi connectivity index (χ0n) is 9.40. The van der Waals surface area contributed by atoms with Crippen molar-refractivity contribution in [2.24, 2.45) is 5.73 Å². The highest BCUT2D eigenvalue weighted by molar-refractivity contribution is 9.10. The molecule has 1 heterocycles. The molecule has 0 amide bonds. The van der Waals surface area contributed by atoms with Crippen LogP contribution >= 0.6 is 15.9 Å². The van der Waals surface area contributed by atoms with Crippen molar-refractivity contribution in [2.45, 2.75) is 19.5 Å². The minimum absolute atomic E-state index is 0.0592. The normalized spacial score (nSPS) is 12.7. The molecule has 0 radical (unpaired) electrons. The Hall–Kier alpha value is -1.20. The van der Waals surface area contributed by atoms with E-state index in [0.29, 0.717) is 12.1 Å². The van der Waals surface area contributed by atoms with Crippen LogP contribution in [0.15, 0.2) is 35.1 Å². The lowest BCUT2D eigenvalue weighted by Gasteiger charge is -2.04. The van der Waals surface area contributed by atoms with E-state index in [-0.39, 0.29) is 11.9 Å². The molecule has 0 fully saturated rings. The summed E-state index contributed by atoms with van der Waals surface area (Å²) in [7, 11) is 0. The van der Waals surface area contributed by atoms with Gasteiger partial charge in [0.15, 0.2) is 0 Å². The van der Waals surface area contributed by atoms with Gasteiger partial charge in [-0.3, -0.25) is 4.68 Å². The minimum Gasteiger partial charge on any atom is -0.324 e. The zero-order valence-corrected chi connectivity index (χ0v) is 11.0. The lowest BCUT2D eigenvalue weighted by Crippen LogP contribution is -2.04. The van der Waals surface area contributed by atoms with Crippen LogP contribution in [0.2, 0.25) is 0 Å². The van der Waals surface area contributed by atoms with Crippen molar-refractivity contribution >= 4 is 15.9 Å². The molecule has 5 heteroatoms. The third kappa shape index (κ3) is 2.92. The smallest absolute Gasteiger partial charge is 0.128 e. The van der Waals surface area contributed by atoms with Crippen molar-refractivity contribution < 1.29 is 4.39 Å². The second-order valence-electron chi connectivity index (χ2n) is 4.00. The third-order valence-electron chi connectivity index (χ3n) is 2.52. The van der Waals surface area contributed by atoms with Gasteiger partial charge < -0.3 is 5.73 Å². The Kier molecular flexibility index (Phi) is 3.59. The van der Waals surface area contributed by atoms with Gasteiger partial charge in [0.25, 0.3) is 0 Å². The summed E-state index contributed by atoms with van der Waals surface area (Å²) in [5, 5.41) is 4.16. The molecule has 3 nitrogen and oxygen atoms in total. The van der Waals surface area contributed by atoms with E-state index in [1.54, 1.807) is 23.0 Å². The molecule has 17 heavy (non-hydrogen) atoms. The highest BCUT2D eigenvalue weighted by Gasteiger charge is 2.07. The number of rotatable bonds is 3. The van der Waals surface area contributed by atoms with E-state index in [4.69, 9.17) is 5.73 Å². The molecule has 1 aromatic carbocycles. The van der Waals surface area contributed by atoms with Crippen molar-refractivity contribution in [1.82, 2.24) is 9.78 Å². The quantitative estimate of drug-likeness (QED) is 0.947. The maximum absolute atomic E-state index is 13.5. The van der Waals surface area contributed by atoms with E-state index < -0.39 is 0 Å². The summed E-state index contributed by atoms with van der Waals surface area (Å²) in [6.45, 7) is 2.29. The maximum Gasteiger partial charge on any atom is 0.128 e. The number of hydrogen-bond donors (Lipinski definition) is 1. The van der Waals surface area contributed by atoms with Crippen LogP contribution in [0.4, 0.5) is 4.39 Å². The predicted molar refractivity (Wildman–Crippen MR) is 68.0 cm³/mol. The van der Waals surface area contributed by atoms with Crippen LogP contribution in [0.1, 0.15) is 24.1 Å². The Morgan fingerprint density at radius 2 is 2.29 bits per heavy atom. The van der Waals surface area contributed by atoms with E-state index >= 15 is 0 Å². The Labute approximate surface area is 108 Å². The van der Waals surface area contributed by atoms with Gasteiger partial charge in [0, 0.05) is 27.8 Å². The molecule has 0 saturated heterocycles. The van der Waals surface area contributed by atoms with Crippen LogP contribution in [0.3, 0.4) is 0 Å². The van der Waals surface area contributed by atoms with Crippen LogP contribution in [0, 0.1) is 5.82 Å². The average molecular weight is 298 g/mol. The first-order valence-electron chi connectivity index (χ1n) is 5.28. The minimum atomic E-state index is -0.231. The molecule has 0 bridgehead atoms. The maximum atomic E-state index is 13.5. The largest absolute Gasteiger partial charge is 0.324 e. The van der Waals surface area contributed by atoms with E-state index in [9.17, 15) is 4.39 Å². The summed E-state index contributed by atoms with van der Waals surface area (Å²) in [6, 6.07) is 4.81. The van der Waals surface area contributed by atoms with Gasteiger partial charge in [-0.15, -0.1) is 0 Å². The van der Waals surface area contributed by atoms with Gasteiger partial charge in [-0.05, 0) is 25.1 Å². The van der Waals surface area contributed by atoms with Crippen molar-refractivity contribution in [3.63, 3.8) is 0 Å². The van der Waals surface area contributed by atoms with Crippen molar-refractivity contribution in [2.75, 3.05) is 0 Å². The van der Waals surface area contributed by atoms with E-state index in [2.05, 4.69) is 21.0 Å². The fourth-order valence-electron chi connectivity index (χ4n) is 1.54. The number of nitrogens with zero attached hydrogens (tertiary/aromatic N) is 2. The Bertz CT molecular complexity index is 522. The summed E-state index contributed by atoms with van der Waals surface area (Å²) in [5.74, 6) is -0.231. The van der Waals surface area contributed by atoms with Gasteiger partial charge in [0.05, 0.1) is 12.7 Å². The second-order valence-corrected chi connectivity index (χ2v) is 4.91. The van der Waals surface area contributed by atoms with Crippen molar-refractivity contribution in [3.8, 4) is 0 Å². The number of aromatic nitrogens is 2. The van der Waals surface area contributed by atoms with Gasteiger partial charge in [-0.1, -0.05) is 15.9 Å². The van der Waals surface area contributed by atoms with Crippen LogP contribution in [0.5, 0.6) is 0 Å². The number of hydrogen-bond acceptors (Lipinski definition) is 2. The van der Waals surface area contributed by atoms with Crippen LogP contribution in [-0.4, -0.2) is 9.78 Å². The molecule has 0 spiro atoms. The fraction of sp³-hybridized carbons (Fsp3) is 0.250. The Morgan fingerprint density at radius 1 is 1.53 bits per heavy atom. The molecule has 1 aromatic heterocycles. The summed E-state index contributed by atoms with van der Waals surface area (Å²) in [4.78, 5) is 0. The van der Waals surface area contributed by atoms with Gasteiger partial charge in [-0.2, -0.15) is 5.10 Å². The first-order chi connectivity index (χ1) is 8.06. The summed E-state index contributed by atoms with van der Waals surface area (Å²) in [6.07, 6.45) is 3.55. The summed E-state index contributed by atoms with van der Waals surface area (Å²) < 4.78 is 16.1. The van der Waals surface area contributed by atoms with Gasteiger partial charge in [-0.25, -0.2) is 4.39 Å². The molecule has 0 saturated carbocycles. The fourth-order valence-corrected chi connectivity index (χ4v) is 1.95. The van der Waals surface area contributed by atoms with Crippen molar-refractivity contribution in [3.05, 3.63) is 52.0 Å². The molecule has 0 aliphatic heterocycles. The number of halogens is 2. The van der Waals surface area contributed by atoms with E-state index in [0.717, 1.165) is 10.0 Å². The molecule has 2 N–H and O–H groups in total. The molecule has 0 aliphatic carbocycles. The van der Waals surface area contributed by atoms with E-state index in [1.807, 2.05) is 13.1 Å². The first-order valence-corrected chi connectivity index (χ1v) is 6.07. The van der Waals surface area contributed by atoms with E-state index in [1.165, 1.54) is 6.07 Å². The van der Waals surface area contributed by atoms with Gasteiger partial charge in [0.1, 0.15) is 5.82 Å².